The Morgan fingerprint density at radius 3 is 2.92 bits per heavy atom. The topological polar surface area (TPSA) is 91.9 Å². The number of anilines is 3. The molecule has 0 spiro atoms. The number of aromatic nitrogens is 3. The highest BCUT2D eigenvalue weighted by atomic mass is 32.1. The second-order valence-corrected chi connectivity index (χ2v) is 6.18. The van der Waals surface area contributed by atoms with E-state index < -0.39 is 0 Å². The Labute approximate surface area is 157 Å². The van der Waals surface area contributed by atoms with E-state index in [1.165, 1.54) is 0 Å². The van der Waals surface area contributed by atoms with E-state index in [2.05, 4.69) is 25.6 Å². The van der Waals surface area contributed by atoms with Gasteiger partial charge in [-0.2, -0.15) is 13.5 Å². The first-order valence-corrected chi connectivity index (χ1v) is 8.25. The maximum Gasteiger partial charge on any atom is 0.259 e. The van der Waals surface area contributed by atoms with E-state index >= 15 is 0 Å². The maximum absolute atomic E-state index is 12.3. The molecule has 4 rings (SSSR count). The van der Waals surface area contributed by atoms with E-state index in [4.69, 9.17) is 4.74 Å². The fourth-order valence-electron chi connectivity index (χ4n) is 2.96. The zero-order chi connectivity index (χ0) is 17.2. The Kier molecular flexibility index (Phi) is 5.43. The second kappa shape index (κ2) is 7.76. The Morgan fingerprint density at radius 1 is 1.27 bits per heavy atom. The van der Waals surface area contributed by atoms with Crippen molar-refractivity contribution in [3.05, 3.63) is 52.6 Å². The molecular formula is C18H21N5O2S. The molecule has 0 radical (unpaired) electrons. The normalized spacial score (nSPS) is 16.3. The van der Waals surface area contributed by atoms with Crippen LogP contribution in [-0.2, 0) is 4.74 Å². The first-order valence-electron chi connectivity index (χ1n) is 8.25. The molecule has 3 N–H and O–H groups in total. The van der Waals surface area contributed by atoms with Crippen LogP contribution >= 0.6 is 13.5 Å². The Hall–Kier alpha value is -2.58. The molecule has 0 saturated carbocycles. The molecule has 1 saturated heterocycles. The standard InChI is InChI=1S/C18H19N5O2.H2S/c1-11-2-5-19-14(8-11)22-15-9-12-3-6-20-18(24)16(12)17(23-15)21-13-4-7-25-10-13;/h2-3,5-6,8-9,13H,4,7,10H2,1H3,(H,20,24)(H2,19,21,22,23);1H2/t13-;/m0./s1. The molecule has 26 heavy (non-hydrogen) atoms. The van der Waals surface area contributed by atoms with Crippen LogP contribution < -0.4 is 16.2 Å². The van der Waals surface area contributed by atoms with Gasteiger partial charge >= 0.3 is 0 Å². The highest BCUT2D eigenvalue weighted by molar-refractivity contribution is 7.59. The van der Waals surface area contributed by atoms with Gasteiger partial charge in [0.25, 0.3) is 5.56 Å². The number of rotatable bonds is 4. The van der Waals surface area contributed by atoms with Gasteiger partial charge in [-0.3, -0.25) is 4.79 Å². The third-order valence-electron chi connectivity index (χ3n) is 4.20. The van der Waals surface area contributed by atoms with Crippen molar-refractivity contribution in [1.29, 1.82) is 0 Å². The van der Waals surface area contributed by atoms with E-state index in [-0.39, 0.29) is 25.1 Å². The summed E-state index contributed by atoms with van der Waals surface area (Å²) in [6, 6.07) is 7.75. The lowest BCUT2D eigenvalue weighted by Crippen LogP contribution is -2.22. The lowest BCUT2D eigenvalue weighted by Gasteiger charge is -2.15. The monoisotopic (exact) mass is 371 g/mol. The summed E-state index contributed by atoms with van der Waals surface area (Å²) in [4.78, 5) is 23.9. The van der Waals surface area contributed by atoms with Crippen LogP contribution in [0.3, 0.4) is 0 Å². The van der Waals surface area contributed by atoms with Crippen molar-refractivity contribution in [1.82, 2.24) is 15.0 Å². The van der Waals surface area contributed by atoms with Crippen molar-refractivity contribution in [2.75, 3.05) is 23.8 Å². The smallest absolute Gasteiger partial charge is 0.259 e. The highest BCUT2D eigenvalue weighted by Crippen LogP contribution is 2.25. The summed E-state index contributed by atoms with van der Waals surface area (Å²) >= 11 is 0. The summed E-state index contributed by atoms with van der Waals surface area (Å²) in [5.74, 6) is 1.91. The molecule has 3 aromatic rings. The van der Waals surface area contributed by atoms with Crippen LogP contribution in [0.25, 0.3) is 10.8 Å². The van der Waals surface area contributed by atoms with Crippen LogP contribution in [0.4, 0.5) is 17.5 Å². The maximum atomic E-state index is 12.3. The largest absolute Gasteiger partial charge is 0.379 e. The minimum Gasteiger partial charge on any atom is -0.379 e. The van der Waals surface area contributed by atoms with Gasteiger partial charge < -0.3 is 20.4 Å². The zero-order valence-electron chi connectivity index (χ0n) is 14.4. The van der Waals surface area contributed by atoms with Crippen molar-refractivity contribution in [2.24, 2.45) is 0 Å². The van der Waals surface area contributed by atoms with Gasteiger partial charge in [-0.25, -0.2) is 9.97 Å². The van der Waals surface area contributed by atoms with Gasteiger partial charge in [0.05, 0.1) is 18.0 Å². The van der Waals surface area contributed by atoms with Crippen molar-refractivity contribution < 1.29 is 4.74 Å². The minimum absolute atomic E-state index is 0. The summed E-state index contributed by atoms with van der Waals surface area (Å²) < 4.78 is 5.41. The molecule has 8 heteroatoms. The van der Waals surface area contributed by atoms with Gasteiger partial charge in [0.1, 0.15) is 17.5 Å². The third kappa shape index (κ3) is 3.81. The van der Waals surface area contributed by atoms with Crippen LogP contribution in [0.5, 0.6) is 0 Å². The number of fused-ring (bicyclic) bond motifs is 1. The highest BCUT2D eigenvalue weighted by Gasteiger charge is 2.18. The van der Waals surface area contributed by atoms with Gasteiger partial charge in [0, 0.05) is 19.0 Å². The van der Waals surface area contributed by atoms with Crippen molar-refractivity contribution in [2.45, 2.75) is 19.4 Å². The van der Waals surface area contributed by atoms with Gasteiger partial charge in [0.2, 0.25) is 0 Å². The quantitative estimate of drug-likeness (QED) is 0.653. The molecule has 0 aliphatic carbocycles. The number of nitrogens with zero attached hydrogens (tertiary/aromatic N) is 2. The average Bonchev–Trinajstić information content (AvgIpc) is 3.08. The summed E-state index contributed by atoms with van der Waals surface area (Å²) in [5.41, 5.74) is 0.947. The van der Waals surface area contributed by atoms with Crippen molar-refractivity contribution in [3.63, 3.8) is 0 Å². The molecule has 1 atom stereocenters. The molecule has 1 aliphatic rings. The number of ether oxygens (including phenoxy) is 1. The molecule has 7 nitrogen and oxygen atoms in total. The molecule has 3 aromatic heterocycles. The van der Waals surface area contributed by atoms with E-state index in [1.807, 2.05) is 31.2 Å². The molecule has 0 bridgehead atoms. The molecule has 4 heterocycles. The number of H-pyrrole nitrogens is 1. The lowest BCUT2D eigenvalue weighted by molar-refractivity contribution is 0.195. The van der Waals surface area contributed by atoms with Crippen LogP contribution in [-0.4, -0.2) is 34.2 Å². The number of nitrogens with one attached hydrogen (secondary N) is 3. The van der Waals surface area contributed by atoms with Crippen molar-refractivity contribution in [3.8, 4) is 0 Å². The van der Waals surface area contributed by atoms with E-state index in [9.17, 15) is 4.79 Å². The van der Waals surface area contributed by atoms with Crippen LogP contribution in [0.2, 0.25) is 0 Å². The fraction of sp³-hybridized carbons (Fsp3) is 0.278. The molecule has 1 aliphatic heterocycles. The molecular weight excluding hydrogens is 350 g/mol. The predicted octanol–water partition coefficient (Wildman–Crippen LogP) is 2.68. The average molecular weight is 371 g/mol. The third-order valence-corrected chi connectivity index (χ3v) is 4.20. The van der Waals surface area contributed by atoms with Crippen molar-refractivity contribution >= 4 is 41.7 Å². The van der Waals surface area contributed by atoms with Gasteiger partial charge in [-0.15, -0.1) is 0 Å². The summed E-state index contributed by atoms with van der Waals surface area (Å²) in [6.45, 7) is 3.34. The summed E-state index contributed by atoms with van der Waals surface area (Å²) in [6.07, 6.45) is 4.28. The molecule has 0 aromatic carbocycles. The van der Waals surface area contributed by atoms with Gasteiger partial charge in [0.15, 0.2) is 0 Å². The van der Waals surface area contributed by atoms with Crippen LogP contribution in [0.15, 0.2) is 41.5 Å². The molecule has 0 amide bonds. The number of hydrogen-bond donors (Lipinski definition) is 3. The zero-order valence-corrected chi connectivity index (χ0v) is 15.4. The second-order valence-electron chi connectivity index (χ2n) is 6.18. The Morgan fingerprint density at radius 2 is 2.15 bits per heavy atom. The number of hydrogen-bond acceptors (Lipinski definition) is 6. The molecule has 136 valence electrons. The molecule has 0 unspecified atom stereocenters. The first-order chi connectivity index (χ1) is 12.2. The lowest BCUT2D eigenvalue weighted by atomic mass is 10.2. The van der Waals surface area contributed by atoms with E-state index in [0.717, 1.165) is 24.0 Å². The molecule has 1 fully saturated rings. The van der Waals surface area contributed by atoms with Gasteiger partial charge in [-0.05, 0) is 48.6 Å². The summed E-state index contributed by atoms with van der Waals surface area (Å²) in [5, 5.41) is 7.93. The van der Waals surface area contributed by atoms with E-state index in [0.29, 0.717) is 29.4 Å². The first kappa shape index (κ1) is 18.2. The minimum atomic E-state index is -0.161. The summed E-state index contributed by atoms with van der Waals surface area (Å²) in [7, 11) is 0. The van der Waals surface area contributed by atoms with Gasteiger partial charge in [-0.1, -0.05) is 0 Å². The Bertz CT molecular complexity index is 969. The van der Waals surface area contributed by atoms with Crippen LogP contribution in [0.1, 0.15) is 12.0 Å². The number of aromatic amines is 1. The van der Waals surface area contributed by atoms with E-state index in [1.54, 1.807) is 12.4 Å². The fourth-order valence-corrected chi connectivity index (χ4v) is 2.96. The number of aryl methyl sites for hydroxylation is 1. The predicted molar refractivity (Wildman–Crippen MR) is 108 cm³/mol. The SMILES string of the molecule is Cc1ccnc(Nc2cc3cc[nH]c(=O)c3c(N[C@H]3CCOC3)n2)c1.S. The number of pyridine rings is 3. The Balaban J connectivity index is 0.00000196. The van der Waals surface area contributed by atoms with Crippen LogP contribution in [0, 0.1) is 6.92 Å².